The molecule has 1 fully saturated rings. The number of nitrogens with one attached hydrogen (secondary N) is 1. The molecule has 0 bridgehead atoms. The lowest BCUT2D eigenvalue weighted by molar-refractivity contribution is 0.0718. The van der Waals surface area contributed by atoms with Gasteiger partial charge >= 0.3 is 0 Å². The molecule has 1 aliphatic rings. The molecule has 1 aromatic heterocycles. The summed E-state index contributed by atoms with van der Waals surface area (Å²) >= 11 is 0. The van der Waals surface area contributed by atoms with Crippen molar-refractivity contribution in [3.05, 3.63) is 17.6 Å². The van der Waals surface area contributed by atoms with Crippen LogP contribution in [0.4, 0.5) is 5.82 Å². The van der Waals surface area contributed by atoms with E-state index in [1.807, 2.05) is 11.8 Å². The minimum Gasteiger partial charge on any atom is -0.385 e. The Morgan fingerprint density at radius 3 is 2.81 bits per heavy atom. The molecule has 6 heteroatoms. The van der Waals surface area contributed by atoms with Crippen LogP contribution in [0.25, 0.3) is 0 Å². The number of carbonyl (C=O) groups excluding carboxylic acids is 1. The Labute approximate surface area is 125 Å². The lowest BCUT2D eigenvalue weighted by atomic mass is 10.1. The van der Waals surface area contributed by atoms with Gasteiger partial charge in [-0.05, 0) is 32.6 Å². The molecule has 2 rings (SSSR count). The molecule has 0 aliphatic carbocycles. The maximum Gasteiger partial charge on any atom is 0.272 e. The van der Waals surface area contributed by atoms with Crippen LogP contribution in [-0.4, -0.2) is 54.1 Å². The minimum absolute atomic E-state index is 0.0140. The molecule has 1 aromatic rings. The van der Waals surface area contributed by atoms with Crippen LogP contribution >= 0.6 is 0 Å². The molecule has 2 heterocycles. The first-order chi connectivity index (χ1) is 10.2. The molecule has 116 valence electrons. The van der Waals surface area contributed by atoms with Gasteiger partial charge in [0.25, 0.3) is 5.91 Å². The van der Waals surface area contributed by atoms with Gasteiger partial charge in [0.05, 0.1) is 0 Å². The minimum atomic E-state index is 0.0140. The Balaban J connectivity index is 2.01. The average Bonchev–Trinajstić information content (AvgIpc) is 2.51. The predicted octanol–water partition coefficient (Wildman–Crippen LogP) is 1.86. The van der Waals surface area contributed by atoms with Crippen molar-refractivity contribution < 1.29 is 9.53 Å². The molecule has 0 unspecified atom stereocenters. The van der Waals surface area contributed by atoms with Crippen LogP contribution in [-0.2, 0) is 4.74 Å². The number of piperidine rings is 1. The Kier molecular flexibility index (Phi) is 5.92. The van der Waals surface area contributed by atoms with Gasteiger partial charge in [0.1, 0.15) is 17.3 Å². The molecule has 6 nitrogen and oxygen atoms in total. The standard InChI is InChI=1S/C15H24N4O2/c1-12-17-13(15(20)19-8-4-3-5-9-19)11-14(18-12)16-7-6-10-21-2/h11H,3-10H2,1-2H3,(H,16,17,18). The summed E-state index contributed by atoms with van der Waals surface area (Å²) in [6.45, 7) is 4.95. The van der Waals surface area contributed by atoms with Crippen molar-refractivity contribution in [1.29, 1.82) is 0 Å². The van der Waals surface area contributed by atoms with Crippen LogP contribution in [0.1, 0.15) is 42.0 Å². The van der Waals surface area contributed by atoms with Crippen LogP contribution in [0, 0.1) is 6.92 Å². The molecule has 0 radical (unpaired) electrons. The van der Waals surface area contributed by atoms with Crippen LogP contribution in [0.2, 0.25) is 0 Å². The van der Waals surface area contributed by atoms with Gasteiger partial charge < -0.3 is 15.0 Å². The molecule has 0 saturated carbocycles. The van der Waals surface area contributed by atoms with E-state index in [2.05, 4.69) is 15.3 Å². The van der Waals surface area contributed by atoms with E-state index in [1.165, 1.54) is 6.42 Å². The highest BCUT2D eigenvalue weighted by Gasteiger charge is 2.20. The van der Waals surface area contributed by atoms with Gasteiger partial charge in [-0.3, -0.25) is 4.79 Å². The smallest absolute Gasteiger partial charge is 0.272 e. The third kappa shape index (κ3) is 4.67. The van der Waals surface area contributed by atoms with Gasteiger partial charge in [0.2, 0.25) is 0 Å². The fourth-order valence-corrected chi connectivity index (χ4v) is 2.46. The lowest BCUT2D eigenvalue weighted by Gasteiger charge is -2.26. The maximum atomic E-state index is 12.5. The number of likely N-dealkylation sites (tertiary alicyclic amines) is 1. The number of aromatic nitrogens is 2. The first-order valence-electron chi connectivity index (χ1n) is 7.58. The third-order valence-corrected chi connectivity index (χ3v) is 3.53. The zero-order chi connectivity index (χ0) is 15.1. The Morgan fingerprint density at radius 2 is 2.10 bits per heavy atom. The predicted molar refractivity (Wildman–Crippen MR) is 81.5 cm³/mol. The highest BCUT2D eigenvalue weighted by Crippen LogP contribution is 2.14. The van der Waals surface area contributed by atoms with Crippen LogP contribution < -0.4 is 5.32 Å². The second kappa shape index (κ2) is 7.93. The largest absolute Gasteiger partial charge is 0.385 e. The topological polar surface area (TPSA) is 67.3 Å². The average molecular weight is 292 g/mol. The van der Waals surface area contributed by atoms with E-state index in [0.717, 1.165) is 38.9 Å². The SMILES string of the molecule is COCCCNc1cc(C(=O)N2CCCCC2)nc(C)n1. The highest BCUT2D eigenvalue weighted by atomic mass is 16.5. The van der Waals surface area contributed by atoms with Crippen molar-refractivity contribution in [2.24, 2.45) is 0 Å². The molecule has 1 N–H and O–H groups in total. The van der Waals surface area contributed by atoms with E-state index >= 15 is 0 Å². The summed E-state index contributed by atoms with van der Waals surface area (Å²) in [6, 6.07) is 1.75. The first-order valence-corrected chi connectivity index (χ1v) is 7.58. The Bertz CT molecular complexity index is 473. The molecule has 0 spiro atoms. The summed E-state index contributed by atoms with van der Waals surface area (Å²) in [5.41, 5.74) is 0.485. The number of rotatable bonds is 6. The van der Waals surface area contributed by atoms with Crippen molar-refractivity contribution in [2.75, 3.05) is 38.7 Å². The number of aryl methyl sites for hydroxylation is 1. The van der Waals surface area contributed by atoms with E-state index < -0.39 is 0 Å². The zero-order valence-electron chi connectivity index (χ0n) is 12.9. The van der Waals surface area contributed by atoms with Crippen LogP contribution in [0.15, 0.2) is 6.07 Å². The molecule has 1 aliphatic heterocycles. The van der Waals surface area contributed by atoms with Crippen molar-refractivity contribution in [1.82, 2.24) is 14.9 Å². The van der Waals surface area contributed by atoms with E-state index in [1.54, 1.807) is 13.2 Å². The molecule has 1 amide bonds. The van der Waals surface area contributed by atoms with Gasteiger partial charge in [-0.25, -0.2) is 9.97 Å². The van der Waals surface area contributed by atoms with Gasteiger partial charge in [0, 0.05) is 39.4 Å². The van der Waals surface area contributed by atoms with Crippen molar-refractivity contribution in [2.45, 2.75) is 32.6 Å². The number of amides is 1. The van der Waals surface area contributed by atoms with Gasteiger partial charge in [-0.15, -0.1) is 0 Å². The van der Waals surface area contributed by atoms with E-state index in [0.29, 0.717) is 23.9 Å². The van der Waals surface area contributed by atoms with Crippen molar-refractivity contribution >= 4 is 11.7 Å². The lowest BCUT2D eigenvalue weighted by Crippen LogP contribution is -2.36. The molecule has 0 aromatic carbocycles. The first kappa shape index (κ1) is 15.7. The highest BCUT2D eigenvalue weighted by molar-refractivity contribution is 5.93. The number of hydrogen-bond donors (Lipinski definition) is 1. The molecule has 0 atom stereocenters. The molecule has 21 heavy (non-hydrogen) atoms. The van der Waals surface area contributed by atoms with Crippen molar-refractivity contribution in [3.8, 4) is 0 Å². The molecule has 1 saturated heterocycles. The summed E-state index contributed by atoms with van der Waals surface area (Å²) in [5, 5.41) is 3.22. The quantitative estimate of drug-likeness (QED) is 0.811. The van der Waals surface area contributed by atoms with Gasteiger partial charge in [-0.2, -0.15) is 0 Å². The second-order valence-corrected chi connectivity index (χ2v) is 5.31. The monoisotopic (exact) mass is 292 g/mol. The number of nitrogens with zero attached hydrogens (tertiary/aromatic N) is 3. The third-order valence-electron chi connectivity index (χ3n) is 3.53. The zero-order valence-corrected chi connectivity index (χ0v) is 12.9. The number of carbonyl (C=O) groups is 1. The molecular weight excluding hydrogens is 268 g/mol. The van der Waals surface area contributed by atoms with Crippen LogP contribution in [0.3, 0.4) is 0 Å². The van der Waals surface area contributed by atoms with Gasteiger partial charge in [0.15, 0.2) is 0 Å². The van der Waals surface area contributed by atoms with E-state index in [4.69, 9.17) is 4.74 Å². The Morgan fingerprint density at radius 1 is 1.33 bits per heavy atom. The van der Waals surface area contributed by atoms with Crippen molar-refractivity contribution in [3.63, 3.8) is 0 Å². The number of ether oxygens (including phenoxy) is 1. The summed E-state index contributed by atoms with van der Waals surface area (Å²) in [4.78, 5) is 23.0. The molecular formula is C15H24N4O2. The maximum absolute atomic E-state index is 12.5. The second-order valence-electron chi connectivity index (χ2n) is 5.31. The summed E-state index contributed by atoms with van der Waals surface area (Å²) in [6.07, 6.45) is 4.27. The number of anilines is 1. The fraction of sp³-hybridized carbons (Fsp3) is 0.667. The normalized spacial score (nSPS) is 15.0. The Hall–Kier alpha value is -1.69. The van der Waals surface area contributed by atoms with Gasteiger partial charge in [-0.1, -0.05) is 0 Å². The summed E-state index contributed by atoms with van der Waals surface area (Å²) in [7, 11) is 1.68. The van der Waals surface area contributed by atoms with Crippen LogP contribution in [0.5, 0.6) is 0 Å². The number of hydrogen-bond acceptors (Lipinski definition) is 5. The van der Waals surface area contributed by atoms with E-state index in [9.17, 15) is 4.79 Å². The fourth-order valence-electron chi connectivity index (χ4n) is 2.46. The summed E-state index contributed by atoms with van der Waals surface area (Å²) < 4.78 is 5.01. The van der Waals surface area contributed by atoms with E-state index in [-0.39, 0.29) is 5.91 Å². The number of methoxy groups -OCH3 is 1. The summed E-state index contributed by atoms with van der Waals surface area (Å²) in [5.74, 6) is 1.34.